The molecule has 27 heavy (non-hydrogen) atoms. The van der Waals surface area contributed by atoms with Crippen molar-refractivity contribution in [3.8, 4) is 0 Å². The highest BCUT2D eigenvalue weighted by Gasteiger charge is 2.14. The van der Waals surface area contributed by atoms with Crippen LogP contribution >= 0.6 is 0 Å². The molecule has 0 atom stereocenters. The van der Waals surface area contributed by atoms with E-state index in [0.717, 1.165) is 0 Å². The van der Waals surface area contributed by atoms with Crippen molar-refractivity contribution in [2.45, 2.75) is 13.8 Å². The highest BCUT2D eigenvalue weighted by Crippen LogP contribution is 2.17. The van der Waals surface area contributed by atoms with Crippen molar-refractivity contribution in [2.24, 2.45) is 11.7 Å². The SMILES string of the molecule is CC(C)C(=O)Nc1ccc(C(=O)Nc2ccccc2C(=O)NCCN)cc1. The van der Waals surface area contributed by atoms with E-state index in [1.54, 1.807) is 62.4 Å². The van der Waals surface area contributed by atoms with Gasteiger partial charge in [-0.15, -0.1) is 0 Å². The summed E-state index contributed by atoms with van der Waals surface area (Å²) in [6.45, 7) is 4.29. The summed E-state index contributed by atoms with van der Waals surface area (Å²) in [5.41, 5.74) is 7.20. The van der Waals surface area contributed by atoms with Crippen LogP contribution in [-0.2, 0) is 4.79 Å². The van der Waals surface area contributed by atoms with Crippen LogP contribution in [0.1, 0.15) is 34.6 Å². The summed E-state index contributed by atoms with van der Waals surface area (Å²) in [6, 6.07) is 13.3. The summed E-state index contributed by atoms with van der Waals surface area (Å²) in [5, 5.41) is 8.19. The first kappa shape index (κ1) is 20.1. The third-order valence-electron chi connectivity index (χ3n) is 3.79. The van der Waals surface area contributed by atoms with Gasteiger partial charge in [0.1, 0.15) is 0 Å². The van der Waals surface area contributed by atoms with Crippen LogP contribution in [0.15, 0.2) is 48.5 Å². The molecule has 5 N–H and O–H groups in total. The van der Waals surface area contributed by atoms with Crippen LogP contribution in [0.5, 0.6) is 0 Å². The van der Waals surface area contributed by atoms with Crippen LogP contribution in [-0.4, -0.2) is 30.8 Å². The van der Waals surface area contributed by atoms with E-state index >= 15 is 0 Å². The molecule has 3 amide bonds. The van der Waals surface area contributed by atoms with E-state index in [-0.39, 0.29) is 23.6 Å². The smallest absolute Gasteiger partial charge is 0.255 e. The van der Waals surface area contributed by atoms with Crippen LogP contribution in [0.4, 0.5) is 11.4 Å². The van der Waals surface area contributed by atoms with Gasteiger partial charge in [0.05, 0.1) is 11.3 Å². The number of nitrogens with one attached hydrogen (secondary N) is 3. The molecule has 2 aromatic rings. The number of carbonyl (C=O) groups excluding carboxylic acids is 3. The van der Waals surface area contributed by atoms with Crippen molar-refractivity contribution in [1.29, 1.82) is 0 Å². The van der Waals surface area contributed by atoms with Crippen molar-refractivity contribution in [2.75, 3.05) is 23.7 Å². The maximum atomic E-state index is 12.5. The fourth-order valence-corrected chi connectivity index (χ4v) is 2.26. The molecule has 0 saturated heterocycles. The topological polar surface area (TPSA) is 113 Å². The highest BCUT2D eigenvalue weighted by molar-refractivity contribution is 6.09. The van der Waals surface area contributed by atoms with Crippen molar-refractivity contribution in [3.63, 3.8) is 0 Å². The summed E-state index contributed by atoms with van der Waals surface area (Å²) >= 11 is 0. The molecule has 0 spiro atoms. The van der Waals surface area contributed by atoms with Gasteiger partial charge in [-0.3, -0.25) is 14.4 Å². The Labute approximate surface area is 158 Å². The Morgan fingerprint density at radius 3 is 2.22 bits per heavy atom. The largest absolute Gasteiger partial charge is 0.351 e. The number of hydrogen-bond donors (Lipinski definition) is 4. The van der Waals surface area contributed by atoms with Crippen LogP contribution in [0, 0.1) is 5.92 Å². The summed E-state index contributed by atoms with van der Waals surface area (Å²) < 4.78 is 0. The maximum absolute atomic E-state index is 12.5. The number of benzene rings is 2. The molecule has 0 radical (unpaired) electrons. The number of nitrogens with two attached hydrogens (primary N) is 1. The molecule has 0 heterocycles. The van der Waals surface area contributed by atoms with Gasteiger partial charge < -0.3 is 21.7 Å². The summed E-state index contributed by atoms with van der Waals surface area (Å²) in [5.74, 6) is -0.876. The zero-order chi connectivity index (χ0) is 19.8. The number of para-hydroxylation sites is 1. The Morgan fingerprint density at radius 2 is 1.59 bits per heavy atom. The molecule has 0 aliphatic carbocycles. The van der Waals surface area contributed by atoms with Gasteiger partial charge in [0.25, 0.3) is 11.8 Å². The summed E-state index contributed by atoms with van der Waals surface area (Å²) in [6.07, 6.45) is 0. The lowest BCUT2D eigenvalue weighted by molar-refractivity contribution is -0.118. The van der Waals surface area contributed by atoms with E-state index in [9.17, 15) is 14.4 Å². The van der Waals surface area contributed by atoms with Gasteiger partial charge in [0.15, 0.2) is 0 Å². The van der Waals surface area contributed by atoms with Gasteiger partial charge in [-0.05, 0) is 36.4 Å². The molecule has 0 aliphatic rings. The molecule has 2 rings (SSSR count). The molecule has 0 aromatic heterocycles. The van der Waals surface area contributed by atoms with Crippen molar-refractivity contribution in [1.82, 2.24) is 5.32 Å². The highest BCUT2D eigenvalue weighted by atomic mass is 16.2. The molecule has 0 unspecified atom stereocenters. The Hall–Kier alpha value is -3.19. The van der Waals surface area contributed by atoms with E-state index in [0.29, 0.717) is 35.6 Å². The second-order valence-electron chi connectivity index (χ2n) is 6.27. The monoisotopic (exact) mass is 368 g/mol. The maximum Gasteiger partial charge on any atom is 0.255 e. The number of rotatable bonds is 7. The van der Waals surface area contributed by atoms with Crippen LogP contribution in [0.3, 0.4) is 0 Å². The Balaban J connectivity index is 2.09. The van der Waals surface area contributed by atoms with Crippen LogP contribution < -0.4 is 21.7 Å². The van der Waals surface area contributed by atoms with E-state index in [1.807, 2.05) is 0 Å². The van der Waals surface area contributed by atoms with Crippen LogP contribution in [0.2, 0.25) is 0 Å². The molecular formula is C20H24N4O3. The fourth-order valence-electron chi connectivity index (χ4n) is 2.26. The van der Waals surface area contributed by atoms with Crippen molar-refractivity contribution >= 4 is 29.1 Å². The lowest BCUT2D eigenvalue weighted by Gasteiger charge is -2.12. The minimum atomic E-state index is -0.351. The van der Waals surface area contributed by atoms with Crippen molar-refractivity contribution in [3.05, 3.63) is 59.7 Å². The van der Waals surface area contributed by atoms with Gasteiger partial charge in [0, 0.05) is 30.3 Å². The van der Waals surface area contributed by atoms with Crippen LogP contribution in [0.25, 0.3) is 0 Å². The predicted octanol–water partition coefficient (Wildman–Crippen LogP) is 2.22. The quantitative estimate of drug-likeness (QED) is 0.600. The normalized spacial score (nSPS) is 10.4. The average molecular weight is 368 g/mol. The standard InChI is InChI=1S/C20H24N4O3/c1-13(2)18(25)23-15-9-7-14(8-10-15)19(26)24-17-6-4-3-5-16(17)20(27)22-12-11-21/h3-10,13H,11-12,21H2,1-2H3,(H,22,27)(H,23,25)(H,24,26). The Kier molecular flexibility index (Phi) is 7.08. The number of hydrogen-bond acceptors (Lipinski definition) is 4. The minimum Gasteiger partial charge on any atom is -0.351 e. The first-order valence-electron chi connectivity index (χ1n) is 8.72. The minimum absolute atomic E-state index is 0.0929. The van der Waals surface area contributed by atoms with Gasteiger partial charge in [-0.1, -0.05) is 26.0 Å². The summed E-state index contributed by atoms with van der Waals surface area (Å²) in [4.78, 5) is 36.4. The first-order chi connectivity index (χ1) is 12.9. The van der Waals surface area contributed by atoms with Gasteiger partial charge in [-0.25, -0.2) is 0 Å². The zero-order valence-electron chi connectivity index (χ0n) is 15.4. The zero-order valence-corrected chi connectivity index (χ0v) is 15.4. The molecule has 7 nitrogen and oxygen atoms in total. The van der Waals surface area contributed by atoms with Gasteiger partial charge in [0.2, 0.25) is 5.91 Å². The van der Waals surface area contributed by atoms with E-state index in [1.165, 1.54) is 0 Å². The predicted molar refractivity (Wildman–Crippen MR) is 106 cm³/mol. The molecule has 0 saturated carbocycles. The second kappa shape index (κ2) is 9.49. The van der Waals surface area contributed by atoms with E-state index in [2.05, 4.69) is 16.0 Å². The second-order valence-corrected chi connectivity index (χ2v) is 6.27. The molecule has 142 valence electrons. The van der Waals surface area contributed by atoms with Gasteiger partial charge in [-0.2, -0.15) is 0 Å². The third-order valence-corrected chi connectivity index (χ3v) is 3.79. The average Bonchev–Trinajstić information content (AvgIpc) is 2.67. The number of amides is 3. The van der Waals surface area contributed by atoms with Crippen molar-refractivity contribution < 1.29 is 14.4 Å². The van der Waals surface area contributed by atoms with E-state index < -0.39 is 0 Å². The lowest BCUT2D eigenvalue weighted by atomic mass is 10.1. The molecule has 0 fully saturated rings. The molecule has 0 bridgehead atoms. The molecule has 0 aliphatic heterocycles. The number of carbonyl (C=O) groups is 3. The summed E-state index contributed by atoms with van der Waals surface area (Å²) in [7, 11) is 0. The number of anilines is 2. The third kappa shape index (κ3) is 5.65. The molecule has 7 heteroatoms. The van der Waals surface area contributed by atoms with E-state index in [4.69, 9.17) is 5.73 Å². The van der Waals surface area contributed by atoms with Gasteiger partial charge >= 0.3 is 0 Å². The Morgan fingerprint density at radius 1 is 0.926 bits per heavy atom. The fraction of sp³-hybridized carbons (Fsp3) is 0.250. The first-order valence-corrected chi connectivity index (χ1v) is 8.72. The Bertz CT molecular complexity index is 816. The lowest BCUT2D eigenvalue weighted by Crippen LogP contribution is -2.30. The molecular weight excluding hydrogens is 344 g/mol. The molecule has 2 aromatic carbocycles.